The molecule has 1 amide bonds. The second kappa shape index (κ2) is 5.35. The number of rotatable bonds is 3. The highest BCUT2D eigenvalue weighted by Gasteiger charge is 2.33. The van der Waals surface area contributed by atoms with Crippen LogP contribution in [0.1, 0.15) is 19.3 Å². The number of carboxylic acid groups (broad SMARTS) is 1. The lowest BCUT2D eigenvalue weighted by atomic mass is 10.0. The van der Waals surface area contributed by atoms with Gasteiger partial charge in [-0.1, -0.05) is 11.6 Å². The zero-order chi connectivity index (χ0) is 13.1. The van der Waals surface area contributed by atoms with Gasteiger partial charge in [-0.2, -0.15) is 0 Å². The third-order valence-corrected chi connectivity index (χ3v) is 3.35. The number of aliphatic carboxylic acids is 1. The maximum Gasteiger partial charge on any atom is 0.306 e. The smallest absolute Gasteiger partial charge is 0.306 e. The van der Waals surface area contributed by atoms with E-state index in [2.05, 4.69) is 10.3 Å². The van der Waals surface area contributed by atoms with E-state index in [0.717, 1.165) is 0 Å². The number of carboxylic acids is 1. The number of halogens is 1. The molecule has 0 aliphatic heterocycles. The highest BCUT2D eigenvalue weighted by molar-refractivity contribution is 6.29. The molecular weight excluding hydrogens is 256 g/mol. The highest BCUT2D eigenvalue weighted by Crippen LogP contribution is 2.31. The van der Waals surface area contributed by atoms with Gasteiger partial charge in [0.1, 0.15) is 5.15 Å². The SMILES string of the molecule is O=C(O)[C@H]1CC[C@@H](C(=O)Nc2ccnc(Cl)c2)C1. The Kier molecular flexibility index (Phi) is 3.81. The summed E-state index contributed by atoms with van der Waals surface area (Å²) >= 11 is 5.71. The summed E-state index contributed by atoms with van der Waals surface area (Å²) in [6.07, 6.45) is 3.08. The van der Waals surface area contributed by atoms with Crippen molar-refractivity contribution in [3.63, 3.8) is 0 Å². The third kappa shape index (κ3) is 2.98. The number of hydrogen-bond acceptors (Lipinski definition) is 3. The molecule has 1 heterocycles. The predicted octanol–water partition coefficient (Wildman–Crippen LogP) is 2.17. The molecule has 5 nitrogen and oxygen atoms in total. The quantitative estimate of drug-likeness (QED) is 0.824. The molecule has 1 saturated carbocycles. The maximum absolute atomic E-state index is 11.9. The van der Waals surface area contributed by atoms with Crippen LogP contribution in [0.15, 0.2) is 18.3 Å². The van der Waals surface area contributed by atoms with Gasteiger partial charge in [-0.15, -0.1) is 0 Å². The van der Waals surface area contributed by atoms with Gasteiger partial charge in [0.05, 0.1) is 5.92 Å². The van der Waals surface area contributed by atoms with E-state index < -0.39 is 11.9 Å². The molecule has 0 radical (unpaired) electrons. The van der Waals surface area contributed by atoms with Crippen molar-refractivity contribution in [1.82, 2.24) is 4.98 Å². The van der Waals surface area contributed by atoms with Gasteiger partial charge >= 0.3 is 5.97 Å². The summed E-state index contributed by atoms with van der Waals surface area (Å²) in [5, 5.41) is 11.9. The van der Waals surface area contributed by atoms with Crippen molar-refractivity contribution in [3.05, 3.63) is 23.5 Å². The van der Waals surface area contributed by atoms with Gasteiger partial charge in [-0.05, 0) is 31.4 Å². The van der Waals surface area contributed by atoms with Gasteiger partial charge in [-0.25, -0.2) is 4.98 Å². The molecule has 2 rings (SSSR count). The fourth-order valence-corrected chi connectivity index (χ4v) is 2.34. The molecule has 1 aliphatic rings. The Labute approximate surface area is 109 Å². The highest BCUT2D eigenvalue weighted by atomic mass is 35.5. The first-order chi connectivity index (χ1) is 8.56. The number of nitrogens with one attached hydrogen (secondary N) is 1. The average molecular weight is 269 g/mol. The van der Waals surface area contributed by atoms with E-state index >= 15 is 0 Å². The van der Waals surface area contributed by atoms with Crippen molar-refractivity contribution in [1.29, 1.82) is 0 Å². The van der Waals surface area contributed by atoms with E-state index in [1.165, 1.54) is 6.20 Å². The maximum atomic E-state index is 11.9. The van der Waals surface area contributed by atoms with Gasteiger partial charge in [0, 0.05) is 17.8 Å². The third-order valence-electron chi connectivity index (χ3n) is 3.15. The van der Waals surface area contributed by atoms with Crippen molar-refractivity contribution in [2.45, 2.75) is 19.3 Å². The molecule has 2 atom stereocenters. The van der Waals surface area contributed by atoms with E-state index in [1.54, 1.807) is 12.1 Å². The number of carbonyl (C=O) groups excluding carboxylic acids is 1. The van der Waals surface area contributed by atoms with Gasteiger partial charge in [0.2, 0.25) is 5.91 Å². The van der Waals surface area contributed by atoms with Crippen LogP contribution in [0.2, 0.25) is 5.15 Å². The van der Waals surface area contributed by atoms with E-state index in [9.17, 15) is 9.59 Å². The Hall–Kier alpha value is -1.62. The van der Waals surface area contributed by atoms with Crippen LogP contribution in [0.25, 0.3) is 0 Å². The summed E-state index contributed by atoms with van der Waals surface area (Å²) in [5.74, 6) is -1.61. The Morgan fingerprint density at radius 1 is 1.39 bits per heavy atom. The molecule has 96 valence electrons. The standard InChI is InChI=1S/C12H13ClN2O3/c13-10-6-9(3-4-14-10)15-11(16)7-1-2-8(5-7)12(17)18/h3-4,6-8H,1-2,5H2,(H,17,18)(H,14,15,16)/t7-,8+/m1/s1. The second-order valence-corrected chi connectivity index (χ2v) is 4.79. The normalized spacial score (nSPS) is 22.7. The van der Waals surface area contributed by atoms with Crippen molar-refractivity contribution < 1.29 is 14.7 Å². The molecule has 0 unspecified atom stereocenters. The van der Waals surface area contributed by atoms with Crippen LogP contribution in [-0.4, -0.2) is 22.0 Å². The molecular formula is C12H13ClN2O3. The first-order valence-electron chi connectivity index (χ1n) is 5.71. The Balaban J connectivity index is 1.95. The fourth-order valence-electron chi connectivity index (χ4n) is 2.17. The topological polar surface area (TPSA) is 79.3 Å². The molecule has 18 heavy (non-hydrogen) atoms. The average Bonchev–Trinajstić information content (AvgIpc) is 2.78. The second-order valence-electron chi connectivity index (χ2n) is 4.40. The van der Waals surface area contributed by atoms with Gasteiger partial charge in [0.15, 0.2) is 0 Å². The summed E-state index contributed by atoms with van der Waals surface area (Å²) in [5.41, 5.74) is 0.582. The molecule has 0 bridgehead atoms. The largest absolute Gasteiger partial charge is 0.481 e. The lowest BCUT2D eigenvalue weighted by Gasteiger charge is -2.10. The van der Waals surface area contributed by atoms with Crippen LogP contribution < -0.4 is 5.32 Å². The van der Waals surface area contributed by atoms with Crippen LogP contribution in [0.3, 0.4) is 0 Å². The van der Waals surface area contributed by atoms with E-state index in [-0.39, 0.29) is 11.8 Å². The molecule has 2 N–H and O–H groups in total. The lowest BCUT2D eigenvalue weighted by molar-refractivity contribution is -0.141. The molecule has 6 heteroatoms. The van der Waals surface area contributed by atoms with Crippen molar-refractivity contribution in [2.75, 3.05) is 5.32 Å². The first kappa shape index (κ1) is 12.8. The summed E-state index contributed by atoms with van der Waals surface area (Å²) in [6.45, 7) is 0. The van der Waals surface area contributed by atoms with Crippen molar-refractivity contribution >= 4 is 29.2 Å². The Morgan fingerprint density at radius 2 is 2.11 bits per heavy atom. The van der Waals surface area contributed by atoms with Crippen molar-refractivity contribution in [3.8, 4) is 0 Å². The van der Waals surface area contributed by atoms with Crippen LogP contribution >= 0.6 is 11.6 Å². The molecule has 1 aliphatic carbocycles. The molecule has 0 aromatic carbocycles. The molecule has 1 aromatic heterocycles. The number of hydrogen-bond donors (Lipinski definition) is 2. The van der Waals surface area contributed by atoms with Crippen molar-refractivity contribution in [2.24, 2.45) is 11.8 Å². The van der Waals surface area contributed by atoms with Gasteiger partial charge < -0.3 is 10.4 Å². The summed E-state index contributed by atoms with van der Waals surface area (Å²) in [7, 11) is 0. The Morgan fingerprint density at radius 3 is 2.72 bits per heavy atom. The predicted molar refractivity (Wildman–Crippen MR) is 66.3 cm³/mol. The zero-order valence-corrected chi connectivity index (χ0v) is 10.4. The minimum atomic E-state index is -0.822. The number of anilines is 1. The van der Waals surface area contributed by atoms with E-state index in [4.69, 9.17) is 16.7 Å². The number of carbonyl (C=O) groups is 2. The van der Waals surface area contributed by atoms with Gasteiger partial charge in [0.25, 0.3) is 0 Å². The summed E-state index contributed by atoms with van der Waals surface area (Å²) < 4.78 is 0. The molecule has 1 fully saturated rings. The fraction of sp³-hybridized carbons (Fsp3) is 0.417. The number of pyridine rings is 1. The first-order valence-corrected chi connectivity index (χ1v) is 6.09. The molecule has 0 spiro atoms. The lowest BCUT2D eigenvalue weighted by Crippen LogP contribution is -2.21. The summed E-state index contributed by atoms with van der Waals surface area (Å²) in [4.78, 5) is 26.6. The summed E-state index contributed by atoms with van der Waals surface area (Å²) in [6, 6.07) is 3.20. The number of nitrogens with zero attached hydrogens (tertiary/aromatic N) is 1. The van der Waals surface area contributed by atoms with Crippen LogP contribution in [-0.2, 0) is 9.59 Å². The monoisotopic (exact) mass is 268 g/mol. The van der Waals surface area contributed by atoms with Crippen LogP contribution in [0.4, 0.5) is 5.69 Å². The molecule has 1 aromatic rings. The van der Waals surface area contributed by atoms with E-state index in [1.807, 2.05) is 0 Å². The zero-order valence-electron chi connectivity index (χ0n) is 9.60. The van der Waals surface area contributed by atoms with Crippen LogP contribution in [0.5, 0.6) is 0 Å². The Bertz CT molecular complexity index is 478. The minimum absolute atomic E-state index is 0.152. The number of amides is 1. The number of aromatic nitrogens is 1. The van der Waals surface area contributed by atoms with E-state index in [0.29, 0.717) is 30.1 Å². The van der Waals surface area contributed by atoms with Gasteiger partial charge in [-0.3, -0.25) is 9.59 Å². The van der Waals surface area contributed by atoms with Crippen LogP contribution in [0, 0.1) is 11.8 Å². The molecule has 0 saturated heterocycles. The minimum Gasteiger partial charge on any atom is -0.481 e.